The highest BCUT2D eigenvalue weighted by atomic mass is 35.5. The van der Waals surface area contributed by atoms with E-state index in [-0.39, 0.29) is 5.91 Å². The van der Waals surface area contributed by atoms with Crippen molar-refractivity contribution >= 4 is 68.5 Å². The summed E-state index contributed by atoms with van der Waals surface area (Å²) in [7, 11) is 3.09. The first-order chi connectivity index (χ1) is 22.2. The topological polar surface area (TPSA) is 96.3 Å². The number of carbonyl (C=O) groups excluding carboxylic acids is 1. The van der Waals surface area contributed by atoms with Gasteiger partial charge < -0.3 is 29.9 Å². The first-order valence-electron chi connectivity index (χ1n) is 14.9. The van der Waals surface area contributed by atoms with Crippen molar-refractivity contribution in [3.05, 3.63) is 77.2 Å². The number of ether oxygens (including phenoxy) is 2. The van der Waals surface area contributed by atoms with E-state index in [1.165, 1.54) is 6.08 Å². The van der Waals surface area contributed by atoms with Crippen LogP contribution in [-0.4, -0.2) is 72.1 Å². The molecule has 0 saturated carbocycles. The molecular formula is C34H35Cl2N7O3. The average molecular weight is 661 g/mol. The lowest BCUT2D eigenvalue weighted by Gasteiger charge is -2.35. The fourth-order valence-corrected chi connectivity index (χ4v) is 6.53. The van der Waals surface area contributed by atoms with Crippen LogP contribution in [0.4, 0.5) is 22.9 Å². The van der Waals surface area contributed by atoms with Crippen molar-refractivity contribution in [3.8, 4) is 22.6 Å². The van der Waals surface area contributed by atoms with Gasteiger partial charge >= 0.3 is 0 Å². The van der Waals surface area contributed by atoms with E-state index in [4.69, 9.17) is 42.6 Å². The second-order valence-electron chi connectivity index (χ2n) is 11.0. The molecule has 46 heavy (non-hydrogen) atoms. The number of benzene rings is 2. The van der Waals surface area contributed by atoms with Crippen LogP contribution in [0.25, 0.3) is 27.7 Å². The number of hydrogen-bond acceptors (Lipinski definition) is 8. The standard InChI is InChI=1S/C34H35Cl2N7O3/c1-6-30(44)40-25-15-22(42-12-10-41(7-2)11-13-42)8-9-24(25)39-29-16-26-21(18-37-29)14-23(34-38-20(3)19-43(26)34)31-32(35)27(45-4)17-28(46-5)33(31)36/h6,8-9,14-19H,1,7,10-13H2,2-5H3,(H,37,39)(H,40,44). The van der Waals surface area contributed by atoms with Crippen LogP contribution >= 0.6 is 23.2 Å². The molecule has 0 unspecified atom stereocenters. The van der Waals surface area contributed by atoms with Gasteiger partial charge in [-0.05, 0) is 43.8 Å². The van der Waals surface area contributed by atoms with Crippen molar-refractivity contribution in [1.29, 1.82) is 0 Å². The number of imidazole rings is 1. The Bertz CT molecular complexity index is 1940. The zero-order valence-corrected chi connectivity index (χ0v) is 27.7. The molecule has 0 radical (unpaired) electrons. The molecule has 0 aliphatic carbocycles. The lowest BCUT2D eigenvalue weighted by molar-refractivity contribution is -0.111. The Kier molecular flexibility index (Phi) is 8.95. The first-order valence-corrected chi connectivity index (χ1v) is 15.7. The molecule has 0 bridgehead atoms. The smallest absolute Gasteiger partial charge is 0.247 e. The third kappa shape index (κ3) is 5.91. The number of methoxy groups -OCH3 is 2. The van der Waals surface area contributed by atoms with Crippen LogP contribution in [0.2, 0.25) is 10.0 Å². The lowest BCUT2D eigenvalue weighted by atomic mass is 10.0. The Morgan fingerprint density at radius 1 is 1.02 bits per heavy atom. The van der Waals surface area contributed by atoms with Crippen LogP contribution in [0.15, 0.2) is 61.4 Å². The molecule has 1 aliphatic rings. The van der Waals surface area contributed by atoms with E-state index in [1.54, 1.807) is 26.5 Å². The quantitative estimate of drug-likeness (QED) is 0.161. The van der Waals surface area contributed by atoms with Gasteiger partial charge in [-0.25, -0.2) is 9.97 Å². The normalized spacial score (nSPS) is 13.7. The van der Waals surface area contributed by atoms with Gasteiger partial charge in [0.15, 0.2) is 0 Å². The monoisotopic (exact) mass is 659 g/mol. The molecule has 2 aromatic carbocycles. The van der Waals surface area contributed by atoms with Crippen molar-refractivity contribution in [2.45, 2.75) is 13.8 Å². The molecule has 1 amide bonds. The summed E-state index contributed by atoms with van der Waals surface area (Å²) < 4.78 is 13.0. The molecule has 12 heteroatoms. The summed E-state index contributed by atoms with van der Waals surface area (Å²) in [5, 5.41) is 7.91. The maximum absolute atomic E-state index is 12.4. The predicted molar refractivity (Wildman–Crippen MR) is 187 cm³/mol. The summed E-state index contributed by atoms with van der Waals surface area (Å²) >= 11 is 13.6. The van der Waals surface area contributed by atoms with Gasteiger partial charge in [0.1, 0.15) is 23.0 Å². The lowest BCUT2D eigenvalue weighted by Crippen LogP contribution is -2.46. The third-order valence-corrected chi connectivity index (χ3v) is 9.03. The van der Waals surface area contributed by atoms with Gasteiger partial charge in [0.05, 0.1) is 46.9 Å². The van der Waals surface area contributed by atoms with E-state index in [2.05, 4.69) is 40.0 Å². The zero-order valence-electron chi connectivity index (χ0n) is 26.2. The average Bonchev–Trinajstić information content (AvgIpc) is 3.47. The number of anilines is 4. The molecule has 6 rings (SSSR count). The van der Waals surface area contributed by atoms with Gasteiger partial charge in [-0.15, -0.1) is 0 Å². The van der Waals surface area contributed by atoms with Crippen molar-refractivity contribution in [2.75, 3.05) is 62.5 Å². The van der Waals surface area contributed by atoms with Crippen LogP contribution in [0, 0.1) is 6.92 Å². The van der Waals surface area contributed by atoms with E-state index in [9.17, 15) is 4.79 Å². The second-order valence-corrected chi connectivity index (χ2v) is 11.8. The molecule has 0 spiro atoms. The number of fused-ring (bicyclic) bond motifs is 3. The molecule has 1 aliphatic heterocycles. The van der Waals surface area contributed by atoms with Crippen LogP contribution in [0.1, 0.15) is 12.6 Å². The van der Waals surface area contributed by atoms with Gasteiger partial charge in [-0.2, -0.15) is 0 Å². The number of halogens is 2. The maximum Gasteiger partial charge on any atom is 0.247 e. The van der Waals surface area contributed by atoms with Gasteiger partial charge in [0.2, 0.25) is 5.91 Å². The zero-order chi connectivity index (χ0) is 32.5. The number of likely N-dealkylation sites (N-methyl/N-ethyl adjacent to an activating group) is 1. The fourth-order valence-electron chi connectivity index (χ4n) is 5.83. The molecule has 3 aromatic heterocycles. The minimum atomic E-state index is -0.294. The van der Waals surface area contributed by atoms with Crippen LogP contribution < -0.4 is 25.0 Å². The van der Waals surface area contributed by atoms with Crippen molar-refractivity contribution in [2.24, 2.45) is 0 Å². The summed E-state index contributed by atoms with van der Waals surface area (Å²) in [4.78, 5) is 26.7. The highest BCUT2D eigenvalue weighted by molar-refractivity contribution is 6.41. The number of hydrogen-bond donors (Lipinski definition) is 2. The molecule has 5 aromatic rings. The minimum Gasteiger partial charge on any atom is -0.495 e. The SMILES string of the molecule is C=CC(=O)Nc1cc(N2CCN(CC)CC2)ccc1Nc1cc2c(cn1)cc(-c1c(Cl)c(OC)cc(OC)c1Cl)c1nc(C)cn12. The molecule has 1 fully saturated rings. The number of carbonyl (C=O) groups is 1. The molecule has 238 valence electrons. The van der Waals surface area contributed by atoms with Gasteiger partial charge in [0.25, 0.3) is 0 Å². The van der Waals surface area contributed by atoms with E-state index >= 15 is 0 Å². The number of amides is 1. The maximum atomic E-state index is 12.4. The number of nitrogens with zero attached hydrogens (tertiary/aromatic N) is 5. The van der Waals surface area contributed by atoms with E-state index < -0.39 is 0 Å². The largest absolute Gasteiger partial charge is 0.495 e. The van der Waals surface area contributed by atoms with Crippen LogP contribution in [0.5, 0.6) is 11.5 Å². The van der Waals surface area contributed by atoms with Gasteiger partial charge in [-0.3, -0.25) is 9.20 Å². The summed E-state index contributed by atoms with van der Waals surface area (Å²) in [6.45, 7) is 12.6. The second kappa shape index (κ2) is 13.1. The number of rotatable bonds is 9. The molecule has 10 nitrogen and oxygen atoms in total. The Morgan fingerprint density at radius 2 is 1.74 bits per heavy atom. The molecule has 0 atom stereocenters. The highest BCUT2D eigenvalue weighted by Gasteiger charge is 2.23. The summed E-state index contributed by atoms with van der Waals surface area (Å²) in [5.41, 5.74) is 5.98. The number of aromatic nitrogens is 3. The number of nitrogens with one attached hydrogen (secondary N) is 2. The number of piperazine rings is 1. The third-order valence-electron chi connectivity index (χ3n) is 8.28. The highest BCUT2D eigenvalue weighted by Crippen LogP contribution is 2.47. The predicted octanol–water partition coefficient (Wildman–Crippen LogP) is 7.19. The van der Waals surface area contributed by atoms with Crippen molar-refractivity contribution in [3.63, 3.8) is 0 Å². The van der Waals surface area contributed by atoms with Gasteiger partial charge in [0, 0.05) is 72.9 Å². The molecule has 4 heterocycles. The molecule has 1 saturated heterocycles. The van der Waals surface area contributed by atoms with Crippen molar-refractivity contribution in [1.82, 2.24) is 19.3 Å². The minimum absolute atomic E-state index is 0.294. The summed E-state index contributed by atoms with van der Waals surface area (Å²) in [6, 6.07) is 11.6. The van der Waals surface area contributed by atoms with Crippen LogP contribution in [0.3, 0.4) is 0 Å². The van der Waals surface area contributed by atoms with E-state index in [0.29, 0.717) is 55.5 Å². The Hall–Kier alpha value is -4.51. The van der Waals surface area contributed by atoms with Crippen LogP contribution in [-0.2, 0) is 4.79 Å². The summed E-state index contributed by atoms with van der Waals surface area (Å²) in [6.07, 6.45) is 4.99. The number of pyridine rings is 2. The Labute approximate surface area is 277 Å². The number of aryl methyl sites for hydroxylation is 1. The molecule has 2 N–H and O–H groups in total. The fraction of sp³-hybridized carbons (Fsp3) is 0.265. The van der Waals surface area contributed by atoms with Crippen molar-refractivity contribution < 1.29 is 14.3 Å². The van der Waals surface area contributed by atoms with E-state index in [1.807, 2.05) is 41.8 Å². The van der Waals surface area contributed by atoms with Gasteiger partial charge in [-0.1, -0.05) is 36.7 Å². The molecular weight excluding hydrogens is 625 g/mol. The first kappa shape index (κ1) is 31.5. The Balaban J connectivity index is 1.41. The van der Waals surface area contributed by atoms with E-state index in [0.717, 1.165) is 55.0 Å². The summed E-state index contributed by atoms with van der Waals surface area (Å²) in [5.74, 6) is 1.17. The Morgan fingerprint density at radius 3 is 2.39 bits per heavy atom.